The molecule has 0 saturated heterocycles. The maximum Gasteiger partial charge on any atom is 0.174 e. The third kappa shape index (κ3) is 2.51. The lowest BCUT2D eigenvalue weighted by Crippen LogP contribution is -2.07. The molecule has 0 saturated carbocycles. The first-order valence-electron chi connectivity index (χ1n) is 4.27. The Bertz CT molecular complexity index is 328. The molecule has 1 aromatic carbocycles. The van der Waals surface area contributed by atoms with Crippen LogP contribution in [-0.4, -0.2) is 21.1 Å². The largest absolute Gasteiger partial charge is 0.293 e. The molecule has 0 fully saturated rings. The van der Waals surface area contributed by atoms with Crippen LogP contribution in [0.15, 0.2) is 29.2 Å². The molecule has 0 amide bonds. The molecule has 2 nitrogen and oxygen atoms in total. The first-order chi connectivity index (χ1) is 6.70. The summed E-state index contributed by atoms with van der Waals surface area (Å²) in [6.07, 6.45) is 0. The number of hydrogen-bond acceptors (Lipinski definition) is 2. The van der Waals surface area contributed by atoms with Gasteiger partial charge in [0.05, 0.1) is 16.1 Å². The Labute approximate surface area is 94.3 Å². The van der Waals surface area contributed by atoms with E-state index in [-0.39, 0.29) is 11.1 Å². The Kier molecular flexibility index (Phi) is 4.48. The van der Waals surface area contributed by atoms with Crippen LogP contribution in [0.4, 0.5) is 0 Å². The molecule has 0 aliphatic carbocycles. The summed E-state index contributed by atoms with van der Waals surface area (Å²) in [4.78, 5) is 12.1. The molecule has 1 rings (SSSR count). The van der Waals surface area contributed by atoms with Crippen LogP contribution in [0.5, 0.6) is 0 Å². The van der Waals surface area contributed by atoms with Crippen molar-refractivity contribution in [1.82, 2.24) is 0 Å². The van der Waals surface area contributed by atoms with Gasteiger partial charge >= 0.3 is 0 Å². The first kappa shape index (κ1) is 11.6. The zero-order valence-corrected chi connectivity index (χ0v) is 10.2. The van der Waals surface area contributed by atoms with Gasteiger partial charge in [-0.2, -0.15) is 0 Å². The molecule has 0 N–H and O–H groups in total. The van der Waals surface area contributed by atoms with Crippen LogP contribution in [0.3, 0.4) is 0 Å². The molecule has 1 atom stereocenters. The van der Waals surface area contributed by atoms with E-state index in [9.17, 15) is 9.00 Å². The van der Waals surface area contributed by atoms with E-state index in [4.69, 9.17) is 0 Å². The highest BCUT2D eigenvalue weighted by atomic mass is 79.9. The van der Waals surface area contributed by atoms with Gasteiger partial charge < -0.3 is 0 Å². The van der Waals surface area contributed by atoms with Crippen molar-refractivity contribution in [3.05, 3.63) is 29.8 Å². The van der Waals surface area contributed by atoms with Crippen LogP contribution < -0.4 is 0 Å². The highest BCUT2D eigenvalue weighted by Crippen LogP contribution is 2.15. The third-order valence-corrected chi connectivity index (χ3v) is 3.70. The summed E-state index contributed by atoms with van der Waals surface area (Å²) in [5.74, 6) is 0.509. The smallest absolute Gasteiger partial charge is 0.174 e. The van der Waals surface area contributed by atoms with Crippen molar-refractivity contribution >= 4 is 32.5 Å². The van der Waals surface area contributed by atoms with Crippen LogP contribution in [-0.2, 0) is 10.8 Å². The minimum atomic E-state index is -1.07. The van der Waals surface area contributed by atoms with Crippen LogP contribution in [0.2, 0.25) is 0 Å². The van der Waals surface area contributed by atoms with Gasteiger partial charge in [0.1, 0.15) is 0 Å². The topological polar surface area (TPSA) is 34.1 Å². The standard InChI is InChI=1S/C10H11BrO2S/c1-2-14(13)10-6-4-3-5-8(10)9(12)7-11/h3-6H,2,7H2,1H3. The van der Waals surface area contributed by atoms with Crippen LogP contribution in [0.25, 0.3) is 0 Å². The van der Waals surface area contributed by atoms with E-state index in [0.717, 1.165) is 0 Å². The van der Waals surface area contributed by atoms with Crippen LogP contribution in [0, 0.1) is 0 Å². The SMILES string of the molecule is CCS(=O)c1ccccc1C(=O)CBr. The summed E-state index contributed by atoms with van der Waals surface area (Å²) in [5.41, 5.74) is 0.560. The Morgan fingerprint density at radius 3 is 2.64 bits per heavy atom. The van der Waals surface area contributed by atoms with Gasteiger partial charge in [0.2, 0.25) is 0 Å². The van der Waals surface area contributed by atoms with E-state index in [2.05, 4.69) is 15.9 Å². The van der Waals surface area contributed by atoms with Crippen molar-refractivity contribution in [3.63, 3.8) is 0 Å². The van der Waals surface area contributed by atoms with Crippen molar-refractivity contribution < 1.29 is 9.00 Å². The van der Waals surface area contributed by atoms with E-state index < -0.39 is 10.8 Å². The zero-order chi connectivity index (χ0) is 10.6. The maximum absolute atomic E-state index is 11.6. The molecule has 0 radical (unpaired) electrons. The molecule has 0 heterocycles. The van der Waals surface area contributed by atoms with Gasteiger partial charge in [-0.05, 0) is 6.07 Å². The number of carbonyl (C=O) groups is 1. The van der Waals surface area contributed by atoms with Gasteiger partial charge in [0, 0.05) is 16.2 Å². The molecule has 4 heteroatoms. The molecule has 0 aromatic heterocycles. The molecule has 1 unspecified atom stereocenters. The summed E-state index contributed by atoms with van der Waals surface area (Å²) in [6.45, 7) is 1.84. The summed E-state index contributed by atoms with van der Waals surface area (Å²) in [5, 5.41) is 0.269. The van der Waals surface area contributed by atoms with Gasteiger partial charge in [-0.1, -0.05) is 41.1 Å². The third-order valence-electron chi connectivity index (χ3n) is 1.82. The quantitative estimate of drug-likeness (QED) is 0.624. The molecule has 0 aliphatic rings. The first-order valence-corrected chi connectivity index (χ1v) is 6.71. The number of alkyl halides is 1. The lowest BCUT2D eigenvalue weighted by molar-refractivity contribution is 0.102. The predicted octanol–water partition coefficient (Wildman–Crippen LogP) is 2.39. The van der Waals surface area contributed by atoms with Gasteiger partial charge in [0.25, 0.3) is 0 Å². The lowest BCUT2D eigenvalue weighted by Gasteiger charge is -2.04. The Morgan fingerprint density at radius 1 is 1.43 bits per heavy atom. The fraction of sp³-hybridized carbons (Fsp3) is 0.300. The van der Waals surface area contributed by atoms with E-state index in [1.807, 2.05) is 6.92 Å². The lowest BCUT2D eigenvalue weighted by atomic mass is 10.1. The Balaban J connectivity index is 3.15. The molecular weight excluding hydrogens is 264 g/mol. The molecule has 0 aliphatic heterocycles. The number of hydrogen-bond donors (Lipinski definition) is 0. The van der Waals surface area contributed by atoms with Crippen molar-refractivity contribution in [2.45, 2.75) is 11.8 Å². The fourth-order valence-corrected chi connectivity index (χ4v) is 2.39. The average molecular weight is 275 g/mol. The van der Waals surface area contributed by atoms with Gasteiger partial charge in [-0.3, -0.25) is 9.00 Å². The van der Waals surface area contributed by atoms with E-state index in [0.29, 0.717) is 16.2 Å². The van der Waals surface area contributed by atoms with Crippen molar-refractivity contribution in [2.75, 3.05) is 11.1 Å². The van der Waals surface area contributed by atoms with E-state index >= 15 is 0 Å². The number of ketones is 1. The molecule has 0 bridgehead atoms. The Hall–Kier alpha value is -0.480. The van der Waals surface area contributed by atoms with Crippen LogP contribution >= 0.6 is 15.9 Å². The van der Waals surface area contributed by atoms with Crippen molar-refractivity contribution in [3.8, 4) is 0 Å². The minimum Gasteiger partial charge on any atom is -0.293 e. The van der Waals surface area contributed by atoms with Gasteiger partial charge in [-0.25, -0.2) is 0 Å². The summed E-state index contributed by atoms with van der Waals surface area (Å²) < 4.78 is 11.6. The number of Topliss-reactive ketones (excluding diaryl/α,β-unsaturated/α-hetero) is 1. The fourth-order valence-electron chi connectivity index (χ4n) is 1.12. The molecule has 1 aromatic rings. The van der Waals surface area contributed by atoms with Gasteiger partial charge in [0.15, 0.2) is 5.78 Å². The average Bonchev–Trinajstić information content (AvgIpc) is 2.27. The molecule has 0 spiro atoms. The summed E-state index contributed by atoms with van der Waals surface area (Å²) in [7, 11) is -1.07. The number of carbonyl (C=O) groups excluding carboxylic acids is 1. The van der Waals surface area contributed by atoms with Gasteiger partial charge in [-0.15, -0.1) is 0 Å². The highest BCUT2D eigenvalue weighted by molar-refractivity contribution is 9.09. The molecule has 14 heavy (non-hydrogen) atoms. The second kappa shape index (κ2) is 5.41. The van der Waals surface area contributed by atoms with Crippen LogP contribution in [0.1, 0.15) is 17.3 Å². The second-order valence-electron chi connectivity index (χ2n) is 2.69. The van der Waals surface area contributed by atoms with E-state index in [1.165, 1.54) is 0 Å². The normalized spacial score (nSPS) is 12.4. The van der Waals surface area contributed by atoms with Crippen molar-refractivity contribution in [1.29, 1.82) is 0 Å². The molecular formula is C10H11BrO2S. The number of rotatable bonds is 4. The summed E-state index contributed by atoms with van der Waals surface area (Å²) >= 11 is 3.11. The number of halogens is 1. The van der Waals surface area contributed by atoms with Crippen molar-refractivity contribution in [2.24, 2.45) is 0 Å². The highest BCUT2D eigenvalue weighted by Gasteiger charge is 2.12. The monoisotopic (exact) mass is 274 g/mol. The minimum absolute atomic E-state index is 0.0256. The number of benzene rings is 1. The maximum atomic E-state index is 11.6. The molecule has 76 valence electrons. The summed E-state index contributed by atoms with van der Waals surface area (Å²) in [6, 6.07) is 7.04. The predicted molar refractivity (Wildman–Crippen MR) is 61.5 cm³/mol. The van der Waals surface area contributed by atoms with E-state index in [1.54, 1.807) is 24.3 Å². The Morgan fingerprint density at radius 2 is 2.07 bits per heavy atom. The second-order valence-corrected chi connectivity index (χ2v) is 4.96. The zero-order valence-electron chi connectivity index (χ0n) is 7.83.